The van der Waals surface area contributed by atoms with E-state index in [2.05, 4.69) is 26.2 Å². The maximum absolute atomic E-state index is 12.1. The topological polar surface area (TPSA) is 42.0 Å². The second-order valence-electron chi connectivity index (χ2n) is 4.57. The number of carbonyl (C=O) groups excluding carboxylic acids is 1. The van der Waals surface area contributed by atoms with Crippen LogP contribution >= 0.6 is 15.9 Å². The lowest BCUT2D eigenvalue weighted by molar-refractivity contribution is 0.102. The minimum Gasteiger partial charge on any atom is -0.322 e. The first-order valence-corrected chi connectivity index (χ1v) is 6.77. The molecule has 2 rings (SSSR count). The van der Waals surface area contributed by atoms with Gasteiger partial charge in [0.1, 0.15) is 0 Å². The number of benzene rings is 1. The molecule has 1 aromatic carbocycles. The SMILES string of the molecule is Cc1ccc(C(=O)Nc2cc(C)c(Br)c(C)c2)cn1. The fourth-order valence-electron chi connectivity index (χ4n) is 1.82. The summed E-state index contributed by atoms with van der Waals surface area (Å²) in [5.41, 5.74) is 4.44. The van der Waals surface area contributed by atoms with E-state index >= 15 is 0 Å². The molecule has 0 fully saturated rings. The number of aromatic nitrogens is 1. The molecule has 1 N–H and O–H groups in total. The van der Waals surface area contributed by atoms with Crippen molar-refractivity contribution in [1.29, 1.82) is 0 Å². The number of hydrogen-bond donors (Lipinski definition) is 1. The van der Waals surface area contributed by atoms with Gasteiger partial charge in [-0.2, -0.15) is 0 Å². The molecule has 0 aliphatic carbocycles. The van der Waals surface area contributed by atoms with Gasteiger partial charge in [0.05, 0.1) is 5.56 Å². The standard InChI is InChI=1S/C15H15BrN2O/c1-9-6-13(7-10(2)14(9)16)18-15(19)12-5-4-11(3)17-8-12/h4-8H,1-3H3,(H,18,19). The summed E-state index contributed by atoms with van der Waals surface area (Å²) in [4.78, 5) is 16.2. The molecular formula is C15H15BrN2O. The summed E-state index contributed by atoms with van der Waals surface area (Å²) in [6.07, 6.45) is 1.59. The Bertz CT molecular complexity index is 598. The van der Waals surface area contributed by atoms with Gasteiger partial charge in [-0.1, -0.05) is 15.9 Å². The number of nitrogens with one attached hydrogen (secondary N) is 1. The number of halogens is 1. The summed E-state index contributed by atoms with van der Waals surface area (Å²) in [5.74, 6) is -0.145. The molecule has 0 saturated carbocycles. The summed E-state index contributed by atoms with van der Waals surface area (Å²) >= 11 is 3.51. The highest BCUT2D eigenvalue weighted by atomic mass is 79.9. The largest absolute Gasteiger partial charge is 0.322 e. The van der Waals surface area contributed by atoms with Crippen molar-refractivity contribution in [2.24, 2.45) is 0 Å². The number of rotatable bonds is 2. The third kappa shape index (κ3) is 3.20. The normalized spacial score (nSPS) is 10.3. The van der Waals surface area contributed by atoms with Gasteiger partial charge in [-0.15, -0.1) is 0 Å². The molecule has 0 spiro atoms. The fraction of sp³-hybridized carbons (Fsp3) is 0.200. The van der Waals surface area contributed by atoms with Crippen molar-refractivity contribution in [3.8, 4) is 0 Å². The molecule has 0 atom stereocenters. The second-order valence-corrected chi connectivity index (χ2v) is 5.36. The van der Waals surface area contributed by atoms with Crippen LogP contribution in [0.25, 0.3) is 0 Å². The van der Waals surface area contributed by atoms with Crippen molar-refractivity contribution in [3.05, 3.63) is 57.3 Å². The highest BCUT2D eigenvalue weighted by Crippen LogP contribution is 2.25. The van der Waals surface area contributed by atoms with Crippen molar-refractivity contribution in [2.75, 3.05) is 5.32 Å². The summed E-state index contributed by atoms with van der Waals surface area (Å²) < 4.78 is 1.07. The zero-order valence-electron chi connectivity index (χ0n) is 11.1. The van der Waals surface area contributed by atoms with Crippen LogP contribution in [-0.4, -0.2) is 10.9 Å². The average Bonchev–Trinajstić information content (AvgIpc) is 2.36. The molecule has 98 valence electrons. The van der Waals surface area contributed by atoms with Gasteiger partial charge >= 0.3 is 0 Å². The van der Waals surface area contributed by atoms with E-state index in [1.807, 2.05) is 39.0 Å². The van der Waals surface area contributed by atoms with E-state index in [-0.39, 0.29) is 5.91 Å². The molecule has 0 unspecified atom stereocenters. The van der Waals surface area contributed by atoms with Crippen LogP contribution in [0.3, 0.4) is 0 Å². The number of nitrogens with zero attached hydrogens (tertiary/aromatic N) is 1. The van der Waals surface area contributed by atoms with Gasteiger partial charge in [0.2, 0.25) is 0 Å². The summed E-state index contributed by atoms with van der Waals surface area (Å²) in [7, 11) is 0. The minimum absolute atomic E-state index is 0.145. The van der Waals surface area contributed by atoms with Crippen LogP contribution in [0, 0.1) is 20.8 Å². The van der Waals surface area contributed by atoms with Crippen LogP contribution in [0.4, 0.5) is 5.69 Å². The first-order valence-electron chi connectivity index (χ1n) is 5.98. The van der Waals surface area contributed by atoms with E-state index in [9.17, 15) is 4.79 Å². The molecule has 0 aliphatic rings. The Hall–Kier alpha value is -1.68. The van der Waals surface area contributed by atoms with Crippen LogP contribution in [0.5, 0.6) is 0 Å². The number of pyridine rings is 1. The van der Waals surface area contributed by atoms with Gasteiger partial charge in [0.15, 0.2) is 0 Å². The Morgan fingerprint density at radius 3 is 2.32 bits per heavy atom. The van der Waals surface area contributed by atoms with Crippen LogP contribution in [0.15, 0.2) is 34.9 Å². The summed E-state index contributed by atoms with van der Waals surface area (Å²) in [6, 6.07) is 7.48. The molecule has 4 heteroatoms. The fourth-order valence-corrected chi connectivity index (χ4v) is 2.05. The van der Waals surface area contributed by atoms with Crippen molar-refractivity contribution >= 4 is 27.5 Å². The zero-order chi connectivity index (χ0) is 14.0. The quantitative estimate of drug-likeness (QED) is 0.908. The third-order valence-corrected chi connectivity index (χ3v) is 4.12. The Kier molecular flexibility index (Phi) is 4.00. The van der Waals surface area contributed by atoms with Crippen LogP contribution in [0.2, 0.25) is 0 Å². The van der Waals surface area contributed by atoms with Crippen LogP contribution < -0.4 is 5.32 Å². The van der Waals surface area contributed by atoms with Gasteiger partial charge < -0.3 is 5.32 Å². The van der Waals surface area contributed by atoms with Crippen LogP contribution in [-0.2, 0) is 0 Å². The van der Waals surface area contributed by atoms with Gasteiger partial charge in [0.25, 0.3) is 5.91 Å². The molecule has 0 aliphatic heterocycles. The molecule has 19 heavy (non-hydrogen) atoms. The van der Waals surface area contributed by atoms with E-state index in [0.29, 0.717) is 5.56 Å². The molecule has 1 amide bonds. The molecule has 1 aromatic heterocycles. The number of carbonyl (C=O) groups is 1. The predicted molar refractivity (Wildman–Crippen MR) is 80.5 cm³/mol. The monoisotopic (exact) mass is 318 g/mol. The molecular weight excluding hydrogens is 304 g/mol. The molecule has 0 bridgehead atoms. The second kappa shape index (κ2) is 5.53. The van der Waals surface area contributed by atoms with Gasteiger partial charge in [-0.25, -0.2) is 0 Å². The van der Waals surface area contributed by atoms with E-state index in [4.69, 9.17) is 0 Å². The average molecular weight is 319 g/mol. The van der Waals surface area contributed by atoms with Crippen LogP contribution in [0.1, 0.15) is 27.2 Å². The summed E-state index contributed by atoms with van der Waals surface area (Å²) in [6.45, 7) is 5.89. The van der Waals surface area contributed by atoms with E-state index in [1.165, 1.54) is 0 Å². The number of anilines is 1. The van der Waals surface area contributed by atoms with Gasteiger partial charge in [-0.05, 0) is 56.2 Å². The zero-order valence-corrected chi connectivity index (χ0v) is 12.7. The van der Waals surface area contributed by atoms with E-state index in [0.717, 1.165) is 27.0 Å². The molecule has 0 radical (unpaired) electrons. The number of amides is 1. The first-order chi connectivity index (χ1) is 8.97. The summed E-state index contributed by atoms with van der Waals surface area (Å²) in [5, 5.41) is 2.89. The van der Waals surface area contributed by atoms with Gasteiger partial charge in [0, 0.05) is 22.1 Å². The third-order valence-electron chi connectivity index (χ3n) is 2.87. The number of hydrogen-bond acceptors (Lipinski definition) is 2. The lowest BCUT2D eigenvalue weighted by Crippen LogP contribution is -2.12. The van der Waals surface area contributed by atoms with Crippen molar-refractivity contribution in [1.82, 2.24) is 4.98 Å². The van der Waals surface area contributed by atoms with Crippen molar-refractivity contribution < 1.29 is 4.79 Å². The lowest BCUT2D eigenvalue weighted by atomic mass is 10.1. The Balaban J connectivity index is 2.22. The lowest BCUT2D eigenvalue weighted by Gasteiger charge is -2.09. The Morgan fingerprint density at radius 2 is 1.79 bits per heavy atom. The highest BCUT2D eigenvalue weighted by molar-refractivity contribution is 9.10. The molecule has 1 heterocycles. The molecule has 0 saturated heterocycles. The van der Waals surface area contributed by atoms with E-state index < -0.39 is 0 Å². The van der Waals surface area contributed by atoms with E-state index in [1.54, 1.807) is 12.3 Å². The predicted octanol–water partition coefficient (Wildman–Crippen LogP) is 4.02. The Labute approximate surface area is 121 Å². The van der Waals surface area contributed by atoms with Crippen molar-refractivity contribution in [3.63, 3.8) is 0 Å². The number of aryl methyl sites for hydroxylation is 3. The maximum atomic E-state index is 12.1. The first kappa shape index (κ1) is 13.7. The molecule has 2 aromatic rings. The highest BCUT2D eigenvalue weighted by Gasteiger charge is 2.08. The smallest absolute Gasteiger partial charge is 0.257 e. The van der Waals surface area contributed by atoms with Gasteiger partial charge in [-0.3, -0.25) is 9.78 Å². The molecule has 3 nitrogen and oxygen atoms in total. The Morgan fingerprint density at radius 1 is 1.16 bits per heavy atom. The minimum atomic E-state index is -0.145. The maximum Gasteiger partial charge on any atom is 0.257 e. The van der Waals surface area contributed by atoms with Crippen molar-refractivity contribution in [2.45, 2.75) is 20.8 Å².